The number of carbonyl (C=O) groups excluding carboxylic acids is 2. The molecule has 0 spiro atoms. The van der Waals surface area contributed by atoms with E-state index >= 15 is 0 Å². The summed E-state index contributed by atoms with van der Waals surface area (Å²) in [5.41, 5.74) is 1.84. The highest BCUT2D eigenvalue weighted by molar-refractivity contribution is 7.17. The number of methoxy groups -OCH3 is 2. The molecule has 8 heteroatoms. The van der Waals surface area contributed by atoms with Gasteiger partial charge in [-0.3, -0.25) is 4.79 Å². The molecule has 1 unspecified atom stereocenters. The van der Waals surface area contributed by atoms with Gasteiger partial charge >= 0.3 is 5.97 Å². The first-order valence-electron chi connectivity index (χ1n) is 9.14. The lowest BCUT2D eigenvalue weighted by atomic mass is 10.0. The summed E-state index contributed by atoms with van der Waals surface area (Å²) in [6.45, 7) is 3.83. The maximum absolute atomic E-state index is 12.9. The smallest absolute Gasteiger partial charge is 0.341 e. The van der Waals surface area contributed by atoms with Gasteiger partial charge < -0.3 is 24.4 Å². The van der Waals surface area contributed by atoms with Gasteiger partial charge in [0.2, 0.25) is 0 Å². The molecule has 2 aromatic rings. The number of esters is 1. The molecule has 7 nitrogen and oxygen atoms in total. The van der Waals surface area contributed by atoms with E-state index in [1.54, 1.807) is 32.2 Å². The van der Waals surface area contributed by atoms with E-state index in [9.17, 15) is 9.59 Å². The quantitative estimate of drug-likeness (QED) is 0.716. The Hall–Kier alpha value is -2.58. The minimum absolute atomic E-state index is 0.286. The lowest BCUT2D eigenvalue weighted by molar-refractivity contribution is -0.895. The van der Waals surface area contributed by atoms with Crippen LogP contribution in [0, 0.1) is 0 Å². The highest BCUT2D eigenvalue weighted by atomic mass is 32.1. The SMILES string of the molecule is CCOC(=O)c1c(NC(=O)c2ccc(OC)cc2OC)sc2c1CC[NH+](C)C2. The van der Waals surface area contributed by atoms with Crippen molar-refractivity contribution in [3.8, 4) is 11.5 Å². The number of anilines is 1. The number of benzene rings is 1. The molecule has 1 atom stereocenters. The highest BCUT2D eigenvalue weighted by Gasteiger charge is 2.30. The van der Waals surface area contributed by atoms with Crippen LogP contribution in [-0.4, -0.2) is 46.3 Å². The van der Waals surface area contributed by atoms with Gasteiger partial charge in [-0.15, -0.1) is 11.3 Å². The third kappa shape index (κ3) is 3.98. The summed E-state index contributed by atoms with van der Waals surface area (Å²) >= 11 is 1.44. The van der Waals surface area contributed by atoms with E-state index in [1.807, 2.05) is 0 Å². The first kappa shape index (κ1) is 20.2. The fourth-order valence-electron chi connectivity index (χ4n) is 3.28. The number of ether oxygens (including phenoxy) is 3. The first-order valence-corrected chi connectivity index (χ1v) is 9.96. The summed E-state index contributed by atoms with van der Waals surface area (Å²) in [6, 6.07) is 4.99. The van der Waals surface area contributed by atoms with Gasteiger partial charge in [-0.2, -0.15) is 0 Å². The third-order valence-corrected chi connectivity index (χ3v) is 5.86. The first-order chi connectivity index (χ1) is 13.5. The summed E-state index contributed by atoms with van der Waals surface area (Å²) in [7, 11) is 5.17. The monoisotopic (exact) mass is 405 g/mol. The molecule has 1 aromatic carbocycles. The van der Waals surface area contributed by atoms with E-state index in [0.29, 0.717) is 27.6 Å². The van der Waals surface area contributed by atoms with Gasteiger partial charge in [0.25, 0.3) is 5.91 Å². The van der Waals surface area contributed by atoms with E-state index in [1.165, 1.54) is 23.3 Å². The Morgan fingerprint density at radius 2 is 2.04 bits per heavy atom. The molecule has 0 radical (unpaired) electrons. The summed E-state index contributed by atoms with van der Waals surface area (Å²) in [5, 5.41) is 3.43. The zero-order valence-corrected chi connectivity index (χ0v) is 17.3. The Kier molecular flexibility index (Phi) is 6.21. The van der Waals surface area contributed by atoms with Gasteiger partial charge in [0.1, 0.15) is 23.0 Å². The van der Waals surface area contributed by atoms with Crippen molar-refractivity contribution in [1.29, 1.82) is 0 Å². The maximum Gasteiger partial charge on any atom is 0.341 e. The standard InChI is InChI=1S/C20H24N2O5S/c1-5-27-20(24)17-14-8-9-22(2)11-16(14)28-19(17)21-18(23)13-7-6-12(25-3)10-15(13)26-4/h6-7,10H,5,8-9,11H2,1-4H3,(H,21,23)/p+1. The number of nitrogens with one attached hydrogen (secondary N) is 2. The van der Waals surface area contributed by atoms with Crippen molar-refractivity contribution >= 4 is 28.2 Å². The summed E-state index contributed by atoms with van der Waals surface area (Å²) in [5.74, 6) is 0.263. The molecule has 0 bridgehead atoms. The molecule has 1 amide bonds. The van der Waals surface area contributed by atoms with Gasteiger partial charge in [0, 0.05) is 12.5 Å². The van der Waals surface area contributed by atoms with Crippen LogP contribution in [0.3, 0.4) is 0 Å². The molecule has 0 aliphatic carbocycles. The molecule has 2 N–H and O–H groups in total. The van der Waals surface area contributed by atoms with Gasteiger partial charge in [-0.25, -0.2) is 4.79 Å². The lowest BCUT2D eigenvalue weighted by Crippen LogP contribution is -3.08. The fourth-order valence-corrected chi connectivity index (χ4v) is 4.63. The molecular weight excluding hydrogens is 380 g/mol. The van der Waals surface area contributed by atoms with Crippen LogP contribution < -0.4 is 19.7 Å². The number of fused-ring (bicyclic) bond motifs is 1. The predicted molar refractivity (Wildman–Crippen MR) is 107 cm³/mol. The summed E-state index contributed by atoms with van der Waals surface area (Å²) in [6.07, 6.45) is 0.785. The second kappa shape index (κ2) is 8.62. The van der Waals surface area contributed by atoms with Crippen LogP contribution in [0.5, 0.6) is 11.5 Å². The van der Waals surface area contributed by atoms with Crippen molar-refractivity contribution in [3.63, 3.8) is 0 Å². The van der Waals surface area contributed by atoms with Gasteiger partial charge in [-0.1, -0.05) is 0 Å². The van der Waals surface area contributed by atoms with E-state index < -0.39 is 5.97 Å². The van der Waals surface area contributed by atoms with Crippen molar-refractivity contribution in [2.45, 2.75) is 19.9 Å². The van der Waals surface area contributed by atoms with Crippen LogP contribution in [0.2, 0.25) is 0 Å². The molecule has 3 rings (SSSR count). The van der Waals surface area contributed by atoms with Gasteiger partial charge in [0.05, 0.1) is 50.4 Å². The fraction of sp³-hybridized carbons (Fsp3) is 0.400. The van der Waals surface area contributed by atoms with E-state index in [-0.39, 0.29) is 12.5 Å². The van der Waals surface area contributed by atoms with E-state index in [4.69, 9.17) is 14.2 Å². The van der Waals surface area contributed by atoms with Crippen molar-refractivity contribution in [2.75, 3.05) is 39.7 Å². The van der Waals surface area contributed by atoms with Gasteiger partial charge in [-0.05, 0) is 24.6 Å². The van der Waals surface area contributed by atoms with Gasteiger partial charge in [0.15, 0.2) is 0 Å². The average Bonchev–Trinajstić information content (AvgIpc) is 3.04. The number of thiophene rings is 1. The number of rotatable bonds is 6. The van der Waals surface area contributed by atoms with Crippen LogP contribution in [0.4, 0.5) is 5.00 Å². The van der Waals surface area contributed by atoms with Crippen LogP contribution in [0.15, 0.2) is 18.2 Å². The average molecular weight is 405 g/mol. The zero-order chi connectivity index (χ0) is 20.3. The Labute approximate surface area is 168 Å². The number of hydrogen-bond acceptors (Lipinski definition) is 6. The molecule has 28 heavy (non-hydrogen) atoms. The van der Waals surface area contributed by atoms with Crippen molar-refractivity contribution in [3.05, 3.63) is 39.8 Å². The number of hydrogen-bond donors (Lipinski definition) is 2. The zero-order valence-electron chi connectivity index (χ0n) is 16.5. The van der Waals surface area contributed by atoms with Crippen molar-refractivity contribution in [2.24, 2.45) is 0 Å². The summed E-state index contributed by atoms with van der Waals surface area (Å²) < 4.78 is 15.8. The predicted octanol–water partition coefficient (Wildman–Crippen LogP) is 1.77. The summed E-state index contributed by atoms with van der Waals surface area (Å²) in [4.78, 5) is 28.0. The third-order valence-electron chi connectivity index (χ3n) is 4.71. The molecule has 0 saturated heterocycles. The molecule has 1 aliphatic heterocycles. The van der Waals surface area contributed by atoms with Crippen molar-refractivity contribution < 1.29 is 28.7 Å². The molecule has 1 aliphatic rings. The van der Waals surface area contributed by atoms with Crippen LogP contribution in [-0.2, 0) is 17.7 Å². The largest absolute Gasteiger partial charge is 0.497 e. The topological polar surface area (TPSA) is 78.3 Å². The molecular formula is C20H25N2O5S+. The van der Waals surface area contributed by atoms with E-state index in [0.717, 1.165) is 30.0 Å². The normalized spacial score (nSPS) is 15.5. The molecule has 0 fully saturated rings. The van der Waals surface area contributed by atoms with E-state index in [2.05, 4.69) is 12.4 Å². The Morgan fingerprint density at radius 1 is 1.25 bits per heavy atom. The van der Waals surface area contributed by atoms with Crippen LogP contribution >= 0.6 is 11.3 Å². The molecule has 2 heterocycles. The van der Waals surface area contributed by atoms with Crippen LogP contribution in [0.25, 0.3) is 0 Å². The Morgan fingerprint density at radius 3 is 2.71 bits per heavy atom. The second-order valence-corrected chi connectivity index (χ2v) is 7.69. The molecule has 1 aromatic heterocycles. The minimum atomic E-state index is -0.392. The minimum Gasteiger partial charge on any atom is -0.497 e. The molecule has 0 saturated carbocycles. The number of likely N-dealkylation sites (N-methyl/N-ethyl adjacent to an activating group) is 1. The Bertz CT molecular complexity index is 893. The highest BCUT2D eigenvalue weighted by Crippen LogP contribution is 2.36. The number of quaternary nitrogens is 1. The molecule has 150 valence electrons. The number of amides is 1. The second-order valence-electron chi connectivity index (χ2n) is 6.58. The number of carbonyl (C=O) groups is 2. The van der Waals surface area contributed by atoms with Crippen molar-refractivity contribution in [1.82, 2.24) is 0 Å². The van der Waals surface area contributed by atoms with Crippen LogP contribution in [0.1, 0.15) is 38.1 Å². The lowest BCUT2D eigenvalue weighted by Gasteiger charge is -2.19. The Balaban J connectivity index is 1.95. The maximum atomic E-state index is 12.9.